The number of amides is 2. The summed E-state index contributed by atoms with van der Waals surface area (Å²) in [6.07, 6.45) is 0.323. The third-order valence-corrected chi connectivity index (χ3v) is 4.26. The van der Waals surface area contributed by atoms with Gasteiger partial charge in [0.05, 0.1) is 19.0 Å². The van der Waals surface area contributed by atoms with Crippen LogP contribution in [-0.4, -0.2) is 58.5 Å². The normalized spacial score (nSPS) is 26.7. The maximum Gasteiger partial charge on any atom is 0.228 e. The van der Waals surface area contributed by atoms with Crippen LogP contribution in [0.3, 0.4) is 0 Å². The molecule has 5 heteroatoms. The lowest BCUT2D eigenvalue weighted by atomic mass is 9.82. The molecule has 5 nitrogen and oxygen atoms in total. The van der Waals surface area contributed by atoms with Gasteiger partial charge in [-0.3, -0.25) is 9.59 Å². The number of carbonyl (C=O) groups is 2. The standard InChI is InChI=1S/C13H22N2O3/c1-4-14-6-10(5-11(14)16)12(17)15-7-13(18,8-15)9(2)3/h9-10,18H,4-8H2,1-3H3. The second kappa shape index (κ2) is 4.53. The maximum atomic E-state index is 12.2. The molecule has 0 aromatic carbocycles. The molecule has 2 aliphatic rings. The summed E-state index contributed by atoms with van der Waals surface area (Å²) in [5.41, 5.74) is -0.733. The molecule has 0 aliphatic carbocycles. The first-order valence-corrected chi connectivity index (χ1v) is 6.66. The highest BCUT2D eigenvalue weighted by molar-refractivity contribution is 5.89. The molecular formula is C13H22N2O3. The van der Waals surface area contributed by atoms with Gasteiger partial charge in [-0.15, -0.1) is 0 Å². The maximum absolute atomic E-state index is 12.2. The lowest BCUT2D eigenvalue weighted by Gasteiger charge is -2.49. The number of likely N-dealkylation sites (tertiary alicyclic amines) is 2. The zero-order valence-corrected chi connectivity index (χ0v) is 11.3. The van der Waals surface area contributed by atoms with E-state index in [-0.39, 0.29) is 23.7 Å². The van der Waals surface area contributed by atoms with E-state index in [1.54, 1.807) is 9.80 Å². The molecule has 2 fully saturated rings. The van der Waals surface area contributed by atoms with Crippen LogP contribution in [-0.2, 0) is 9.59 Å². The van der Waals surface area contributed by atoms with E-state index in [1.165, 1.54) is 0 Å². The van der Waals surface area contributed by atoms with Gasteiger partial charge in [-0.25, -0.2) is 0 Å². The molecule has 18 heavy (non-hydrogen) atoms. The zero-order valence-electron chi connectivity index (χ0n) is 11.3. The van der Waals surface area contributed by atoms with Crippen LogP contribution in [0.2, 0.25) is 0 Å². The van der Waals surface area contributed by atoms with E-state index in [2.05, 4.69) is 0 Å². The summed E-state index contributed by atoms with van der Waals surface area (Å²) >= 11 is 0. The summed E-state index contributed by atoms with van der Waals surface area (Å²) in [6.45, 7) is 7.84. The molecule has 2 rings (SSSR count). The fourth-order valence-electron chi connectivity index (χ4n) is 2.64. The highest BCUT2D eigenvalue weighted by Gasteiger charge is 2.48. The van der Waals surface area contributed by atoms with E-state index >= 15 is 0 Å². The van der Waals surface area contributed by atoms with E-state index < -0.39 is 5.60 Å². The Morgan fingerprint density at radius 1 is 1.50 bits per heavy atom. The van der Waals surface area contributed by atoms with Crippen LogP contribution >= 0.6 is 0 Å². The number of nitrogens with zero attached hydrogens (tertiary/aromatic N) is 2. The first-order valence-electron chi connectivity index (χ1n) is 6.66. The summed E-state index contributed by atoms with van der Waals surface area (Å²) in [4.78, 5) is 27.2. The third-order valence-electron chi connectivity index (χ3n) is 4.26. The Balaban J connectivity index is 1.90. The van der Waals surface area contributed by atoms with Gasteiger partial charge in [0, 0.05) is 19.5 Å². The minimum absolute atomic E-state index is 0.0182. The Kier molecular flexibility index (Phi) is 3.36. The molecule has 2 saturated heterocycles. The first-order chi connectivity index (χ1) is 8.37. The van der Waals surface area contributed by atoms with Crippen molar-refractivity contribution in [3.05, 3.63) is 0 Å². The lowest BCUT2D eigenvalue weighted by Crippen LogP contribution is -2.66. The SMILES string of the molecule is CCN1CC(C(=O)N2CC(O)(C(C)C)C2)CC1=O. The van der Waals surface area contributed by atoms with Crippen molar-refractivity contribution >= 4 is 11.8 Å². The molecule has 1 N–H and O–H groups in total. The lowest BCUT2D eigenvalue weighted by molar-refractivity contribution is -0.167. The number of hydrogen-bond acceptors (Lipinski definition) is 3. The summed E-state index contributed by atoms with van der Waals surface area (Å²) in [7, 11) is 0. The number of hydrogen-bond donors (Lipinski definition) is 1. The van der Waals surface area contributed by atoms with Crippen LogP contribution in [0.4, 0.5) is 0 Å². The van der Waals surface area contributed by atoms with E-state index in [0.29, 0.717) is 32.6 Å². The zero-order chi connectivity index (χ0) is 13.5. The Labute approximate surface area is 108 Å². The molecule has 0 saturated carbocycles. The van der Waals surface area contributed by atoms with Crippen molar-refractivity contribution in [3.8, 4) is 0 Å². The fraction of sp³-hybridized carbons (Fsp3) is 0.846. The van der Waals surface area contributed by atoms with Crippen molar-refractivity contribution < 1.29 is 14.7 Å². The highest BCUT2D eigenvalue weighted by Crippen LogP contribution is 2.31. The van der Waals surface area contributed by atoms with Gasteiger partial charge in [0.15, 0.2) is 0 Å². The minimum Gasteiger partial charge on any atom is -0.386 e. The van der Waals surface area contributed by atoms with Gasteiger partial charge >= 0.3 is 0 Å². The molecule has 0 radical (unpaired) electrons. The van der Waals surface area contributed by atoms with E-state index in [0.717, 1.165) is 0 Å². The number of carbonyl (C=O) groups excluding carboxylic acids is 2. The summed E-state index contributed by atoms with van der Waals surface area (Å²) < 4.78 is 0. The van der Waals surface area contributed by atoms with Gasteiger partial charge in [0.1, 0.15) is 5.60 Å². The predicted molar refractivity (Wildman–Crippen MR) is 66.7 cm³/mol. The number of rotatable bonds is 3. The van der Waals surface area contributed by atoms with Gasteiger partial charge in [-0.05, 0) is 12.8 Å². The molecule has 102 valence electrons. The van der Waals surface area contributed by atoms with Crippen molar-refractivity contribution in [2.24, 2.45) is 11.8 Å². The first kappa shape index (κ1) is 13.3. The molecule has 0 spiro atoms. The molecule has 2 heterocycles. The molecule has 0 bridgehead atoms. The van der Waals surface area contributed by atoms with E-state index in [4.69, 9.17) is 0 Å². The molecule has 0 aromatic rings. The average molecular weight is 254 g/mol. The van der Waals surface area contributed by atoms with E-state index in [9.17, 15) is 14.7 Å². The molecule has 2 amide bonds. The highest BCUT2D eigenvalue weighted by atomic mass is 16.3. The Morgan fingerprint density at radius 3 is 2.56 bits per heavy atom. The second-order valence-corrected chi connectivity index (χ2v) is 5.79. The van der Waals surface area contributed by atoms with Crippen molar-refractivity contribution in [2.45, 2.75) is 32.8 Å². The molecule has 0 aromatic heterocycles. The topological polar surface area (TPSA) is 60.9 Å². The average Bonchev–Trinajstić information content (AvgIpc) is 2.65. The summed E-state index contributed by atoms with van der Waals surface area (Å²) in [6, 6.07) is 0. The minimum atomic E-state index is -0.733. The van der Waals surface area contributed by atoms with Gasteiger partial charge in [-0.2, -0.15) is 0 Å². The van der Waals surface area contributed by atoms with E-state index in [1.807, 2.05) is 20.8 Å². The predicted octanol–water partition coefficient (Wildman–Crippen LogP) is 0.0841. The summed E-state index contributed by atoms with van der Waals surface area (Å²) in [5.74, 6) is 0.0215. The van der Waals surface area contributed by atoms with Crippen LogP contribution in [0.15, 0.2) is 0 Å². The van der Waals surface area contributed by atoms with Crippen LogP contribution in [0.5, 0.6) is 0 Å². The van der Waals surface area contributed by atoms with Gasteiger partial charge < -0.3 is 14.9 Å². The summed E-state index contributed by atoms with van der Waals surface area (Å²) in [5, 5.41) is 10.1. The van der Waals surface area contributed by atoms with Gasteiger partial charge in [0.2, 0.25) is 11.8 Å². The monoisotopic (exact) mass is 254 g/mol. The molecule has 1 atom stereocenters. The van der Waals surface area contributed by atoms with Crippen LogP contribution in [0.1, 0.15) is 27.2 Å². The smallest absolute Gasteiger partial charge is 0.228 e. The molecular weight excluding hydrogens is 232 g/mol. The largest absolute Gasteiger partial charge is 0.386 e. The van der Waals surface area contributed by atoms with Crippen molar-refractivity contribution in [1.29, 1.82) is 0 Å². The number of β-amino-alcohol motifs (C(OH)–C–C–N with tert-alkyl or cyclic N) is 1. The van der Waals surface area contributed by atoms with Crippen LogP contribution in [0.25, 0.3) is 0 Å². The third kappa shape index (κ3) is 2.11. The van der Waals surface area contributed by atoms with Crippen molar-refractivity contribution in [2.75, 3.05) is 26.2 Å². The Bertz CT molecular complexity index is 361. The molecule has 2 aliphatic heterocycles. The van der Waals surface area contributed by atoms with Crippen molar-refractivity contribution in [1.82, 2.24) is 9.80 Å². The van der Waals surface area contributed by atoms with Crippen LogP contribution in [0, 0.1) is 11.8 Å². The number of aliphatic hydroxyl groups is 1. The second-order valence-electron chi connectivity index (χ2n) is 5.79. The Hall–Kier alpha value is -1.10. The quantitative estimate of drug-likeness (QED) is 0.776. The van der Waals surface area contributed by atoms with Gasteiger partial charge in [-0.1, -0.05) is 13.8 Å². The van der Waals surface area contributed by atoms with Crippen molar-refractivity contribution in [3.63, 3.8) is 0 Å². The van der Waals surface area contributed by atoms with Gasteiger partial charge in [0.25, 0.3) is 0 Å². The Morgan fingerprint density at radius 2 is 2.11 bits per heavy atom. The van der Waals surface area contributed by atoms with Crippen LogP contribution < -0.4 is 0 Å². The fourth-order valence-corrected chi connectivity index (χ4v) is 2.64. The molecule has 1 unspecified atom stereocenters.